The minimum Gasteiger partial charge on any atom is -0.378 e. The molecule has 3 heterocycles. The van der Waals surface area contributed by atoms with Crippen LogP contribution in [0.25, 0.3) is 10.3 Å². The molecule has 0 radical (unpaired) electrons. The number of hydrogen-bond acceptors (Lipinski definition) is 7. The zero-order valence-corrected chi connectivity index (χ0v) is 13.8. The maximum Gasteiger partial charge on any atom is 0.225 e. The highest BCUT2D eigenvalue weighted by Crippen LogP contribution is 2.33. The number of nitrogens with zero attached hydrogens (tertiary/aromatic N) is 4. The summed E-state index contributed by atoms with van der Waals surface area (Å²) in [5.41, 5.74) is 1.76. The summed E-state index contributed by atoms with van der Waals surface area (Å²) >= 11 is 7.56. The predicted octanol–water partition coefficient (Wildman–Crippen LogP) is 3.32. The van der Waals surface area contributed by atoms with Gasteiger partial charge in [0, 0.05) is 18.8 Å². The van der Waals surface area contributed by atoms with Crippen molar-refractivity contribution in [3.63, 3.8) is 0 Å². The van der Waals surface area contributed by atoms with Crippen LogP contribution in [0.15, 0.2) is 30.3 Å². The third-order valence-corrected chi connectivity index (χ3v) is 4.58. The summed E-state index contributed by atoms with van der Waals surface area (Å²) in [6.45, 7) is 2.92. The van der Waals surface area contributed by atoms with E-state index in [0.29, 0.717) is 13.2 Å². The number of ether oxygens (including phenoxy) is 1. The molecule has 23 heavy (non-hydrogen) atoms. The number of morpholine rings is 1. The smallest absolute Gasteiger partial charge is 0.225 e. The molecule has 0 spiro atoms. The Labute approximate surface area is 142 Å². The van der Waals surface area contributed by atoms with Crippen molar-refractivity contribution in [3.05, 3.63) is 35.6 Å². The Hall–Kier alpha value is -1.96. The van der Waals surface area contributed by atoms with E-state index in [1.807, 2.05) is 30.3 Å². The quantitative estimate of drug-likeness (QED) is 0.733. The normalized spacial score (nSPS) is 15.1. The van der Waals surface area contributed by atoms with Crippen LogP contribution >= 0.6 is 22.9 Å². The lowest BCUT2D eigenvalue weighted by atomic mass is 10.3. The van der Waals surface area contributed by atoms with Gasteiger partial charge in [-0.2, -0.15) is 4.98 Å². The number of halogens is 1. The van der Waals surface area contributed by atoms with Crippen molar-refractivity contribution < 1.29 is 4.74 Å². The van der Waals surface area contributed by atoms with Gasteiger partial charge in [0.25, 0.3) is 0 Å². The van der Waals surface area contributed by atoms with Crippen molar-refractivity contribution in [3.8, 4) is 0 Å². The summed E-state index contributed by atoms with van der Waals surface area (Å²) < 4.78 is 5.40. The van der Waals surface area contributed by atoms with Crippen molar-refractivity contribution in [2.45, 2.75) is 0 Å². The van der Waals surface area contributed by atoms with Crippen LogP contribution in [-0.4, -0.2) is 41.3 Å². The number of thiazole rings is 1. The van der Waals surface area contributed by atoms with E-state index < -0.39 is 0 Å². The fourth-order valence-electron chi connectivity index (χ4n) is 2.48. The monoisotopic (exact) mass is 347 g/mol. The Balaban J connectivity index is 1.72. The van der Waals surface area contributed by atoms with E-state index in [2.05, 4.69) is 25.2 Å². The van der Waals surface area contributed by atoms with Gasteiger partial charge in [0.05, 0.1) is 13.2 Å². The molecule has 0 aliphatic carbocycles. The molecule has 3 aromatic rings. The Morgan fingerprint density at radius 1 is 1.09 bits per heavy atom. The van der Waals surface area contributed by atoms with Gasteiger partial charge >= 0.3 is 0 Å². The van der Waals surface area contributed by atoms with Crippen LogP contribution in [0.5, 0.6) is 0 Å². The molecule has 1 fully saturated rings. The second-order valence-corrected chi connectivity index (χ2v) is 6.40. The molecule has 0 unspecified atom stereocenters. The third-order valence-electron chi connectivity index (χ3n) is 3.55. The fourth-order valence-corrected chi connectivity index (χ4v) is 3.55. The number of fused-ring (bicyclic) bond motifs is 1. The molecule has 0 atom stereocenters. The number of nitrogens with one attached hydrogen (secondary N) is 1. The molecule has 0 amide bonds. The zero-order valence-electron chi connectivity index (χ0n) is 12.2. The van der Waals surface area contributed by atoms with Gasteiger partial charge in [-0.1, -0.05) is 29.5 Å². The topological polar surface area (TPSA) is 63.2 Å². The van der Waals surface area contributed by atoms with Crippen LogP contribution in [0.4, 0.5) is 16.6 Å². The molecule has 1 saturated heterocycles. The Morgan fingerprint density at radius 3 is 2.65 bits per heavy atom. The number of hydrogen-bond donors (Lipinski definition) is 1. The minimum absolute atomic E-state index is 0.244. The van der Waals surface area contributed by atoms with Crippen LogP contribution in [0.1, 0.15) is 0 Å². The lowest BCUT2D eigenvalue weighted by molar-refractivity contribution is 0.122. The van der Waals surface area contributed by atoms with E-state index in [4.69, 9.17) is 16.3 Å². The highest BCUT2D eigenvalue weighted by molar-refractivity contribution is 7.21. The number of aromatic nitrogens is 3. The third kappa shape index (κ3) is 3.08. The van der Waals surface area contributed by atoms with Gasteiger partial charge < -0.3 is 15.0 Å². The Kier molecular flexibility index (Phi) is 3.99. The van der Waals surface area contributed by atoms with Crippen LogP contribution in [0.2, 0.25) is 5.28 Å². The van der Waals surface area contributed by atoms with Gasteiger partial charge in [-0.25, -0.2) is 9.97 Å². The van der Waals surface area contributed by atoms with Crippen molar-refractivity contribution in [2.24, 2.45) is 0 Å². The molecular formula is C15H14ClN5OS. The van der Waals surface area contributed by atoms with E-state index in [1.165, 1.54) is 11.3 Å². The first-order valence-electron chi connectivity index (χ1n) is 7.28. The largest absolute Gasteiger partial charge is 0.378 e. The molecule has 8 heteroatoms. The highest BCUT2D eigenvalue weighted by Gasteiger charge is 2.20. The van der Waals surface area contributed by atoms with E-state index in [9.17, 15) is 0 Å². The van der Waals surface area contributed by atoms with Gasteiger partial charge in [0.15, 0.2) is 15.8 Å². The maximum atomic E-state index is 6.09. The van der Waals surface area contributed by atoms with Gasteiger partial charge in [0.1, 0.15) is 5.52 Å². The average Bonchev–Trinajstić information content (AvgIpc) is 2.98. The summed E-state index contributed by atoms with van der Waals surface area (Å²) in [5.74, 6) is 0.778. The molecule has 0 bridgehead atoms. The average molecular weight is 348 g/mol. The van der Waals surface area contributed by atoms with Crippen LogP contribution < -0.4 is 10.2 Å². The lowest BCUT2D eigenvalue weighted by Gasteiger charge is -2.27. The zero-order chi connectivity index (χ0) is 15.6. The number of para-hydroxylation sites is 1. The molecular weight excluding hydrogens is 334 g/mol. The Bertz CT molecular complexity index is 819. The summed E-state index contributed by atoms with van der Waals surface area (Å²) in [4.78, 5) is 16.3. The standard InChI is InChI=1S/C15H14ClN5OS/c16-14-19-12(21-6-8-22-9-7-21)11-13(20-14)23-15(18-11)17-10-4-2-1-3-5-10/h1-5H,6-9H2,(H,17,18). The van der Waals surface area contributed by atoms with Gasteiger partial charge in [-0.15, -0.1) is 0 Å². The van der Waals surface area contributed by atoms with Crippen molar-refractivity contribution in [2.75, 3.05) is 36.5 Å². The number of benzene rings is 1. The molecule has 6 nitrogen and oxygen atoms in total. The predicted molar refractivity (Wildman–Crippen MR) is 93.0 cm³/mol. The van der Waals surface area contributed by atoms with Gasteiger partial charge in [-0.05, 0) is 23.7 Å². The second kappa shape index (κ2) is 6.27. The minimum atomic E-state index is 0.244. The molecule has 1 aromatic carbocycles. The number of rotatable bonds is 3. The summed E-state index contributed by atoms with van der Waals surface area (Å²) in [5, 5.41) is 4.32. The van der Waals surface area contributed by atoms with Gasteiger partial charge in [-0.3, -0.25) is 0 Å². The molecule has 0 saturated carbocycles. The molecule has 4 rings (SSSR count). The van der Waals surface area contributed by atoms with Crippen LogP contribution in [-0.2, 0) is 4.74 Å². The van der Waals surface area contributed by atoms with Crippen LogP contribution in [0, 0.1) is 0 Å². The molecule has 2 aromatic heterocycles. The van der Waals surface area contributed by atoms with Crippen molar-refractivity contribution >= 4 is 49.9 Å². The highest BCUT2D eigenvalue weighted by atomic mass is 35.5. The Morgan fingerprint density at radius 2 is 1.87 bits per heavy atom. The summed E-state index contributed by atoms with van der Waals surface area (Å²) in [7, 11) is 0. The SMILES string of the molecule is Clc1nc(N2CCOCC2)c2nc(Nc3ccccc3)sc2n1. The van der Waals surface area contributed by atoms with Crippen molar-refractivity contribution in [1.82, 2.24) is 15.0 Å². The fraction of sp³-hybridized carbons (Fsp3) is 0.267. The molecule has 1 aliphatic rings. The van der Waals surface area contributed by atoms with E-state index in [0.717, 1.165) is 40.1 Å². The molecule has 118 valence electrons. The van der Waals surface area contributed by atoms with E-state index in [-0.39, 0.29) is 5.28 Å². The number of anilines is 3. The first-order valence-corrected chi connectivity index (χ1v) is 8.48. The van der Waals surface area contributed by atoms with Crippen molar-refractivity contribution in [1.29, 1.82) is 0 Å². The molecule has 1 aliphatic heterocycles. The van der Waals surface area contributed by atoms with Gasteiger partial charge in [0.2, 0.25) is 5.28 Å². The first kappa shape index (κ1) is 14.6. The van der Waals surface area contributed by atoms with E-state index >= 15 is 0 Å². The first-order chi connectivity index (χ1) is 11.3. The maximum absolute atomic E-state index is 6.09. The lowest BCUT2D eigenvalue weighted by Crippen LogP contribution is -2.37. The molecule has 1 N–H and O–H groups in total. The summed E-state index contributed by atoms with van der Waals surface area (Å²) in [6.07, 6.45) is 0. The van der Waals surface area contributed by atoms with Crippen LogP contribution in [0.3, 0.4) is 0 Å². The van der Waals surface area contributed by atoms with E-state index in [1.54, 1.807) is 0 Å². The second-order valence-electron chi connectivity index (χ2n) is 5.08. The summed E-state index contributed by atoms with van der Waals surface area (Å²) in [6, 6.07) is 9.92.